The summed E-state index contributed by atoms with van der Waals surface area (Å²) in [5.41, 5.74) is 1.95. The van der Waals surface area contributed by atoms with Crippen LogP contribution in [0, 0.1) is 6.92 Å². The number of rotatable bonds is 9. The fourth-order valence-corrected chi connectivity index (χ4v) is 3.45. The molecule has 3 rings (SSSR count). The van der Waals surface area contributed by atoms with Crippen molar-refractivity contribution in [2.24, 2.45) is 0 Å². The highest BCUT2D eigenvalue weighted by Gasteiger charge is 2.13. The first-order valence-corrected chi connectivity index (χ1v) is 9.33. The van der Waals surface area contributed by atoms with Crippen LogP contribution in [-0.4, -0.2) is 47.4 Å². The fourth-order valence-electron chi connectivity index (χ4n) is 2.52. The average Bonchev–Trinajstić information content (AvgIpc) is 3.31. The molecule has 0 atom stereocenters. The molecule has 0 amide bonds. The monoisotopic (exact) mass is 375 g/mol. The molecule has 0 fully saturated rings. The van der Waals surface area contributed by atoms with Crippen molar-refractivity contribution in [3.63, 3.8) is 0 Å². The second-order valence-electron chi connectivity index (χ2n) is 6.36. The van der Waals surface area contributed by atoms with Gasteiger partial charge in [-0.05, 0) is 39.2 Å². The number of hydrogen-bond acceptors (Lipinski definition) is 7. The molecule has 3 aromatic heterocycles. The third kappa shape index (κ3) is 4.72. The molecule has 0 aliphatic heterocycles. The smallest absolute Gasteiger partial charge is 0.183 e. The van der Waals surface area contributed by atoms with E-state index < -0.39 is 0 Å². The summed E-state index contributed by atoms with van der Waals surface area (Å²) in [4.78, 5) is 7.85. The lowest BCUT2D eigenvalue weighted by Crippen LogP contribution is -2.18. The minimum atomic E-state index is 0.483. The Morgan fingerprint density at radius 3 is 2.85 bits per heavy atom. The number of likely N-dealkylation sites (N-methyl/N-ethyl adjacent to an activating group) is 1. The molecule has 0 bridgehead atoms. The Kier molecular flexibility index (Phi) is 6.08. The Labute approximate surface area is 157 Å². The van der Waals surface area contributed by atoms with E-state index in [-0.39, 0.29) is 0 Å². The second-order valence-corrected chi connectivity index (χ2v) is 7.35. The van der Waals surface area contributed by atoms with E-state index in [0.29, 0.717) is 13.2 Å². The Morgan fingerprint density at radius 2 is 2.08 bits per heavy atom. The largest absolute Gasteiger partial charge is 0.462 e. The molecular weight excluding hydrogens is 350 g/mol. The molecule has 3 heterocycles. The number of anilines is 1. The Hall–Kier alpha value is -2.16. The molecular formula is C18H25N5O2S. The third-order valence-electron chi connectivity index (χ3n) is 3.86. The first kappa shape index (κ1) is 18.6. The van der Waals surface area contributed by atoms with Crippen molar-refractivity contribution in [2.45, 2.75) is 26.6 Å². The van der Waals surface area contributed by atoms with Crippen molar-refractivity contribution in [1.82, 2.24) is 19.7 Å². The predicted molar refractivity (Wildman–Crippen MR) is 103 cm³/mol. The number of hydrogen-bond donors (Lipinski definition) is 1. The van der Waals surface area contributed by atoms with Gasteiger partial charge in [0.15, 0.2) is 5.13 Å². The summed E-state index contributed by atoms with van der Waals surface area (Å²) in [5.74, 6) is 1.68. The van der Waals surface area contributed by atoms with Crippen LogP contribution < -0.4 is 5.32 Å². The number of furan rings is 1. The molecule has 140 valence electrons. The first-order valence-electron chi connectivity index (χ1n) is 8.51. The maximum atomic E-state index is 5.69. The zero-order valence-corrected chi connectivity index (χ0v) is 16.5. The van der Waals surface area contributed by atoms with Crippen LogP contribution in [0.5, 0.6) is 0 Å². The molecule has 7 nitrogen and oxygen atoms in total. The van der Waals surface area contributed by atoms with Crippen LogP contribution in [0.1, 0.15) is 17.2 Å². The summed E-state index contributed by atoms with van der Waals surface area (Å²) in [6.07, 6.45) is 2.02. The van der Waals surface area contributed by atoms with Crippen LogP contribution in [0.3, 0.4) is 0 Å². The van der Waals surface area contributed by atoms with Crippen molar-refractivity contribution >= 4 is 16.5 Å². The maximum Gasteiger partial charge on any atom is 0.183 e. The quantitative estimate of drug-likeness (QED) is 0.619. The van der Waals surface area contributed by atoms with Gasteiger partial charge in [-0.15, -0.1) is 0 Å². The Balaban J connectivity index is 1.63. The summed E-state index contributed by atoms with van der Waals surface area (Å²) in [6, 6.07) is 5.93. The van der Waals surface area contributed by atoms with Gasteiger partial charge in [0.2, 0.25) is 0 Å². The summed E-state index contributed by atoms with van der Waals surface area (Å²) >= 11 is 1.61. The average molecular weight is 375 g/mol. The molecule has 1 N–H and O–H groups in total. The molecule has 0 aliphatic carbocycles. The van der Waals surface area contributed by atoms with E-state index in [1.807, 2.05) is 36.0 Å². The van der Waals surface area contributed by atoms with E-state index in [9.17, 15) is 0 Å². The third-order valence-corrected chi connectivity index (χ3v) is 5.00. The zero-order chi connectivity index (χ0) is 18.5. The summed E-state index contributed by atoms with van der Waals surface area (Å²) in [5, 5.41) is 8.86. The minimum Gasteiger partial charge on any atom is -0.462 e. The Morgan fingerprint density at radius 1 is 1.27 bits per heavy atom. The normalized spacial score (nSPS) is 11.4. The number of nitrogens with one attached hydrogen (secondary N) is 1. The van der Waals surface area contributed by atoms with E-state index in [0.717, 1.165) is 46.0 Å². The highest BCUT2D eigenvalue weighted by molar-refractivity contribution is 7.19. The molecule has 3 aromatic rings. The van der Waals surface area contributed by atoms with Gasteiger partial charge < -0.3 is 19.4 Å². The second kappa shape index (κ2) is 8.48. The van der Waals surface area contributed by atoms with Crippen molar-refractivity contribution < 1.29 is 9.15 Å². The minimum absolute atomic E-state index is 0.483. The van der Waals surface area contributed by atoms with Crippen molar-refractivity contribution in [3.8, 4) is 10.6 Å². The number of aromatic nitrogens is 3. The van der Waals surface area contributed by atoms with Gasteiger partial charge in [0.25, 0.3) is 0 Å². The highest BCUT2D eigenvalue weighted by atomic mass is 32.1. The van der Waals surface area contributed by atoms with Gasteiger partial charge in [-0.3, -0.25) is 4.68 Å². The summed E-state index contributed by atoms with van der Waals surface area (Å²) in [6.45, 7) is 4.92. The maximum absolute atomic E-state index is 5.69. The Bertz CT molecular complexity index is 836. The molecule has 0 saturated heterocycles. The molecule has 0 radical (unpaired) electrons. The van der Waals surface area contributed by atoms with Gasteiger partial charge >= 0.3 is 0 Å². The van der Waals surface area contributed by atoms with Crippen LogP contribution in [0.4, 0.5) is 5.13 Å². The summed E-state index contributed by atoms with van der Waals surface area (Å²) < 4.78 is 12.7. The van der Waals surface area contributed by atoms with Gasteiger partial charge in [-0.2, -0.15) is 5.10 Å². The molecule has 0 aliphatic rings. The van der Waals surface area contributed by atoms with Gasteiger partial charge in [0, 0.05) is 19.9 Å². The van der Waals surface area contributed by atoms with E-state index in [2.05, 4.69) is 34.4 Å². The van der Waals surface area contributed by atoms with E-state index >= 15 is 0 Å². The van der Waals surface area contributed by atoms with E-state index in [1.165, 1.54) is 0 Å². The lowest BCUT2D eigenvalue weighted by atomic mass is 10.3. The molecule has 0 aromatic carbocycles. The topological polar surface area (TPSA) is 68.3 Å². The van der Waals surface area contributed by atoms with Gasteiger partial charge in [-0.25, -0.2) is 4.98 Å². The number of ether oxygens (including phenoxy) is 1. The van der Waals surface area contributed by atoms with Crippen LogP contribution in [0.15, 0.2) is 28.8 Å². The highest BCUT2D eigenvalue weighted by Crippen LogP contribution is 2.31. The molecule has 0 saturated carbocycles. The number of thiazole rings is 1. The predicted octanol–water partition coefficient (Wildman–Crippen LogP) is 3.23. The van der Waals surface area contributed by atoms with Gasteiger partial charge in [0.05, 0.1) is 23.7 Å². The van der Waals surface area contributed by atoms with Crippen molar-refractivity contribution in [3.05, 3.63) is 41.6 Å². The number of nitrogens with zero attached hydrogens (tertiary/aromatic N) is 4. The lowest BCUT2D eigenvalue weighted by molar-refractivity contribution is 0.163. The first-order chi connectivity index (χ1) is 12.5. The number of aryl methyl sites for hydroxylation is 1. The zero-order valence-electron chi connectivity index (χ0n) is 15.7. The lowest BCUT2D eigenvalue weighted by Gasteiger charge is -2.08. The van der Waals surface area contributed by atoms with Crippen molar-refractivity contribution in [1.29, 1.82) is 0 Å². The standard InChI is InChI=1S/C18H25N5O2S/c1-13-17(16-7-8-23(21-16)10-9-22(2)3)26-18(20-13)19-11-14-5-6-15(25-14)12-24-4/h5-8H,9-12H2,1-4H3,(H,19,20). The van der Waals surface area contributed by atoms with E-state index in [1.54, 1.807) is 18.4 Å². The summed E-state index contributed by atoms with van der Waals surface area (Å²) in [7, 11) is 5.78. The van der Waals surface area contributed by atoms with Gasteiger partial charge in [0.1, 0.15) is 23.8 Å². The molecule has 26 heavy (non-hydrogen) atoms. The van der Waals surface area contributed by atoms with Crippen LogP contribution >= 0.6 is 11.3 Å². The molecule has 0 spiro atoms. The molecule has 8 heteroatoms. The van der Waals surface area contributed by atoms with Crippen LogP contribution in [-0.2, 0) is 24.4 Å². The fraction of sp³-hybridized carbons (Fsp3) is 0.444. The number of methoxy groups -OCH3 is 1. The van der Waals surface area contributed by atoms with Crippen LogP contribution in [0.2, 0.25) is 0 Å². The van der Waals surface area contributed by atoms with E-state index in [4.69, 9.17) is 9.15 Å². The van der Waals surface area contributed by atoms with Crippen molar-refractivity contribution in [2.75, 3.05) is 33.1 Å². The van der Waals surface area contributed by atoms with Crippen LogP contribution in [0.25, 0.3) is 10.6 Å². The van der Waals surface area contributed by atoms with Gasteiger partial charge in [-0.1, -0.05) is 11.3 Å². The SMILES string of the molecule is COCc1ccc(CNc2nc(C)c(-c3ccn(CCN(C)C)n3)s2)o1. The molecule has 0 unspecified atom stereocenters.